The van der Waals surface area contributed by atoms with E-state index >= 15 is 0 Å². The van der Waals surface area contributed by atoms with Crippen molar-refractivity contribution < 1.29 is 4.74 Å². The van der Waals surface area contributed by atoms with Gasteiger partial charge >= 0.3 is 0 Å². The van der Waals surface area contributed by atoms with Gasteiger partial charge in [-0.1, -0.05) is 122 Å². The summed E-state index contributed by atoms with van der Waals surface area (Å²) in [7, 11) is 0. The van der Waals surface area contributed by atoms with E-state index in [1.165, 1.54) is 47.1 Å². The monoisotopic (exact) mass is 498 g/mol. The van der Waals surface area contributed by atoms with Crippen LogP contribution >= 0.6 is 0 Å². The van der Waals surface area contributed by atoms with Crippen LogP contribution in [0, 0.1) is 6.92 Å². The van der Waals surface area contributed by atoms with Gasteiger partial charge in [-0.25, -0.2) is 0 Å². The molecule has 3 aromatic carbocycles. The van der Waals surface area contributed by atoms with E-state index in [4.69, 9.17) is 4.74 Å². The SMILES string of the molecule is CC(C)(C)c1ccc2c(c1)CCC2.CC(C)(C)c1ccc2c(c1)OCC2.Cc1cccc(C(C)(C)C)c1. The van der Waals surface area contributed by atoms with Gasteiger partial charge in [-0.05, 0) is 81.9 Å². The number of benzene rings is 3. The third-order valence-corrected chi connectivity index (χ3v) is 7.41. The molecule has 0 bridgehead atoms. The Bertz CT molecular complexity index is 1110. The lowest BCUT2D eigenvalue weighted by Gasteiger charge is -2.19. The van der Waals surface area contributed by atoms with E-state index in [0.29, 0.717) is 5.41 Å². The molecular weight excluding hydrogens is 448 g/mol. The standard InChI is InChI=1S/C13H18.C12H16O.C11H16/c1-13(2,3)12-8-7-10-5-4-6-11(10)9-12;1-12(2,3)10-5-4-9-6-7-13-11(9)8-10;1-9-6-5-7-10(8-9)11(2,3)4/h7-9H,4-6H2,1-3H3;4-5,8H,6-7H2,1-3H3;5-8H,1-4H3. The maximum atomic E-state index is 5.53. The van der Waals surface area contributed by atoms with E-state index in [0.717, 1.165) is 18.8 Å². The molecule has 0 fully saturated rings. The maximum absolute atomic E-state index is 5.53. The van der Waals surface area contributed by atoms with Crippen molar-refractivity contribution in [3.05, 3.63) is 99.6 Å². The van der Waals surface area contributed by atoms with Crippen LogP contribution in [0.4, 0.5) is 0 Å². The fourth-order valence-electron chi connectivity index (χ4n) is 4.78. The lowest BCUT2D eigenvalue weighted by molar-refractivity contribution is 0.356. The molecule has 1 aliphatic heterocycles. The number of hydrogen-bond acceptors (Lipinski definition) is 1. The van der Waals surface area contributed by atoms with Crippen molar-refractivity contribution in [1.82, 2.24) is 0 Å². The number of rotatable bonds is 0. The summed E-state index contributed by atoms with van der Waals surface area (Å²) in [4.78, 5) is 0. The number of ether oxygens (including phenoxy) is 1. The van der Waals surface area contributed by atoms with E-state index in [-0.39, 0.29) is 10.8 Å². The van der Waals surface area contributed by atoms with Gasteiger partial charge in [0.15, 0.2) is 0 Å². The maximum Gasteiger partial charge on any atom is 0.122 e. The van der Waals surface area contributed by atoms with Gasteiger partial charge < -0.3 is 4.74 Å². The molecule has 0 N–H and O–H groups in total. The van der Waals surface area contributed by atoms with Crippen LogP contribution in [0.15, 0.2) is 60.7 Å². The molecule has 37 heavy (non-hydrogen) atoms. The van der Waals surface area contributed by atoms with Crippen LogP contribution < -0.4 is 4.74 Å². The highest BCUT2D eigenvalue weighted by atomic mass is 16.5. The summed E-state index contributed by atoms with van der Waals surface area (Å²) in [6.07, 6.45) is 5.00. The normalized spacial score (nSPS) is 14.4. The Kier molecular flexibility index (Phi) is 8.99. The smallest absolute Gasteiger partial charge is 0.122 e. The first-order valence-corrected chi connectivity index (χ1v) is 14.1. The highest BCUT2D eigenvalue weighted by Gasteiger charge is 2.19. The zero-order chi connectivity index (χ0) is 27.4. The molecular formula is C36H50O. The molecule has 200 valence electrons. The predicted octanol–water partition coefficient (Wildman–Crippen LogP) is 9.68. The van der Waals surface area contributed by atoms with Crippen LogP contribution in [-0.2, 0) is 35.5 Å². The Morgan fingerprint density at radius 1 is 0.541 bits per heavy atom. The Hall–Kier alpha value is -2.54. The third kappa shape index (κ3) is 8.22. The molecule has 0 spiro atoms. The average molecular weight is 499 g/mol. The molecule has 0 saturated heterocycles. The molecule has 0 radical (unpaired) electrons. The Morgan fingerprint density at radius 2 is 1.08 bits per heavy atom. The molecule has 0 unspecified atom stereocenters. The van der Waals surface area contributed by atoms with Gasteiger partial charge in [-0.3, -0.25) is 0 Å². The predicted molar refractivity (Wildman–Crippen MR) is 161 cm³/mol. The zero-order valence-corrected chi connectivity index (χ0v) is 25.2. The second-order valence-corrected chi connectivity index (χ2v) is 13.9. The van der Waals surface area contributed by atoms with Gasteiger partial charge in [0.1, 0.15) is 5.75 Å². The topological polar surface area (TPSA) is 9.23 Å². The molecule has 1 heteroatoms. The largest absolute Gasteiger partial charge is 0.493 e. The second kappa shape index (κ2) is 11.5. The number of fused-ring (bicyclic) bond motifs is 2. The lowest BCUT2D eigenvalue weighted by atomic mass is 9.85. The summed E-state index contributed by atoms with van der Waals surface area (Å²) in [6.45, 7) is 23.2. The van der Waals surface area contributed by atoms with Gasteiger partial charge in [-0.15, -0.1) is 0 Å². The molecule has 2 aliphatic rings. The summed E-state index contributed by atoms with van der Waals surface area (Å²) < 4.78 is 5.53. The molecule has 0 aromatic heterocycles. The Labute approximate surface area is 227 Å². The van der Waals surface area contributed by atoms with E-state index in [1.807, 2.05) is 0 Å². The van der Waals surface area contributed by atoms with Crippen molar-refractivity contribution in [2.75, 3.05) is 6.61 Å². The van der Waals surface area contributed by atoms with Gasteiger partial charge in [-0.2, -0.15) is 0 Å². The Balaban J connectivity index is 0.000000155. The van der Waals surface area contributed by atoms with Crippen molar-refractivity contribution in [1.29, 1.82) is 0 Å². The van der Waals surface area contributed by atoms with Crippen molar-refractivity contribution in [2.45, 2.75) is 111 Å². The summed E-state index contributed by atoms with van der Waals surface area (Å²) >= 11 is 0. The first-order chi connectivity index (χ1) is 17.1. The summed E-state index contributed by atoms with van der Waals surface area (Å²) in [5.74, 6) is 1.09. The molecule has 1 heterocycles. The lowest BCUT2D eigenvalue weighted by Crippen LogP contribution is -2.11. The highest BCUT2D eigenvalue weighted by Crippen LogP contribution is 2.32. The summed E-state index contributed by atoms with van der Waals surface area (Å²) in [5, 5.41) is 0. The number of hydrogen-bond donors (Lipinski definition) is 0. The van der Waals surface area contributed by atoms with Crippen molar-refractivity contribution in [3.8, 4) is 5.75 Å². The number of aryl methyl sites for hydroxylation is 3. The van der Waals surface area contributed by atoms with Crippen molar-refractivity contribution >= 4 is 0 Å². The van der Waals surface area contributed by atoms with Crippen LogP contribution in [0.1, 0.15) is 108 Å². The van der Waals surface area contributed by atoms with Gasteiger partial charge in [0.25, 0.3) is 0 Å². The average Bonchev–Trinajstić information content (AvgIpc) is 3.46. The molecule has 0 atom stereocenters. The van der Waals surface area contributed by atoms with Crippen LogP contribution in [0.25, 0.3) is 0 Å². The fourth-order valence-corrected chi connectivity index (χ4v) is 4.78. The van der Waals surface area contributed by atoms with Gasteiger partial charge in [0.05, 0.1) is 6.61 Å². The van der Waals surface area contributed by atoms with Crippen LogP contribution in [0.3, 0.4) is 0 Å². The minimum Gasteiger partial charge on any atom is -0.493 e. The van der Waals surface area contributed by atoms with Gasteiger partial charge in [0.2, 0.25) is 0 Å². The summed E-state index contributed by atoms with van der Waals surface area (Å²) in [5.41, 5.74) is 10.9. The molecule has 3 aromatic rings. The summed E-state index contributed by atoms with van der Waals surface area (Å²) in [6, 6.07) is 22.3. The molecule has 0 saturated carbocycles. The van der Waals surface area contributed by atoms with E-state index < -0.39 is 0 Å². The quantitative estimate of drug-likeness (QED) is 0.300. The first-order valence-electron chi connectivity index (χ1n) is 14.1. The van der Waals surface area contributed by atoms with Crippen LogP contribution in [0.5, 0.6) is 5.75 Å². The minimum atomic E-state index is 0.223. The van der Waals surface area contributed by atoms with Gasteiger partial charge in [0, 0.05) is 6.42 Å². The first kappa shape index (κ1) is 29.0. The van der Waals surface area contributed by atoms with Crippen LogP contribution in [0.2, 0.25) is 0 Å². The van der Waals surface area contributed by atoms with E-state index in [2.05, 4.69) is 130 Å². The van der Waals surface area contributed by atoms with Crippen molar-refractivity contribution in [2.24, 2.45) is 0 Å². The third-order valence-electron chi connectivity index (χ3n) is 7.41. The van der Waals surface area contributed by atoms with Crippen molar-refractivity contribution in [3.63, 3.8) is 0 Å². The molecule has 5 rings (SSSR count). The highest BCUT2D eigenvalue weighted by molar-refractivity contribution is 5.42. The molecule has 1 nitrogen and oxygen atoms in total. The molecule has 1 aliphatic carbocycles. The minimum absolute atomic E-state index is 0.223. The fraction of sp³-hybridized carbons (Fsp3) is 0.500. The van der Waals surface area contributed by atoms with E-state index in [9.17, 15) is 0 Å². The zero-order valence-electron chi connectivity index (χ0n) is 25.2. The van der Waals surface area contributed by atoms with E-state index in [1.54, 1.807) is 11.1 Å². The van der Waals surface area contributed by atoms with Crippen LogP contribution in [-0.4, -0.2) is 6.61 Å². The molecule has 0 amide bonds. The Morgan fingerprint density at radius 3 is 1.65 bits per heavy atom. The second-order valence-electron chi connectivity index (χ2n) is 13.9.